The zero-order valence-electron chi connectivity index (χ0n) is 41.6. The number of hydrogen-bond acceptors (Lipinski definition) is 0. The van der Waals surface area contributed by atoms with Crippen LogP contribution >= 0.6 is 0 Å². The van der Waals surface area contributed by atoms with E-state index in [1.807, 2.05) is 12.1 Å². The molecule has 64 heavy (non-hydrogen) atoms. The molecule has 0 N–H and O–H groups in total. The molecule has 0 unspecified atom stereocenters. The summed E-state index contributed by atoms with van der Waals surface area (Å²) in [5, 5.41) is 0. The quantitative estimate of drug-likeness (QED) is 0.0260. The maximum atomic E-state index is 12.7. The number of nitrogens with zero attached hydrogens (tertiary/aromatic N) is 2. The Kier molecular flexibility index (Phi) is 24.9. The Labute approximate surface area is 398 Å². The first kappa shape index (κ1) is 52.6. The molecule has 4 aromatic carbocycles. The second kappa shape index (κ2) is 30.3. The molecule has 1 aliphatic heterocycles. The van der Waals surface area contributed by atoms with Gasteiger partial charge < -0.3 is 5.53 Å². The molecule has 0 fully saturated rings. The van der Waals surface area contributed by atoms with Crippen molar-refractivity contribution in [3.8, 4) is 11.8 Å². The normalized spacial score (nSPS) is 12.5. The van der Waals surface area contributed by atoms with Crippen LogP contribution in [-0.4, -0.2) is 4.70 Å². The molecular weight excluding hydrogens is 819 g/mol. The molecule has 2 nitrogen and oxygen atoms in total. The van der Waals surface area contributed by atoms with Gasteiger partial charge in [0.25, 0.3) is 0 Å². The Morgan fingerprint density at radius 3 is 1.28 bits per heavy atom. The summed E-state index contributed by atoms with van der Waals surface area (Å²) >= 11 is 1.60. The van der Waals surface area contributed by atoms with E-state index in [-0.39, 0.29) is 0 Å². The molecule has 0 aliphatic carbocycles. The predicted octanol–water partition coefficient (Wildman–Crippen LogP) is 16.6. The minimum atomic E-state index is 0.799. The van der Waals surface area contributed by atoms with Gasteiger partial charge in [-0.25, -0.2) is 4.70 Å². The van der Waals surface area contributed by atoms with Crippen LogP contribution in [0.2, 0.25) is 0 Å². The number of aryl methyl sites for hydroxylation is 4. The number of rotatable bonds is 26. The number of hydrogen-bond donors (Lipinski definition) is 0. The molecule has 1 heterocycles. The number of unbranched alkanes of at least 4 members (excludes halogenated alkanes) is 8. The summed E-state index contributed by atoms with van der Waals surface area (Å²) in [6.07, 6.45) is 26.5. The van der Waals surface area contributed by atoms with Crippen molar-refractivity contribution < 1.29 is 19.1 Å². The third-order valence-electron chi connectivity index (χ3n) is 12.4. The van der Waals surface area contributed by atoms with Crippen LogP contribution in [0, 0.1) is 11.8 Å². The summed E-state index contributed by atoms with van der Waals surface area (Å²) in [6, 6.07) is 30.7. The summed E-state index contributed by atoms with van der Waals surface area (Å²) in [5.74, 6) is 7.12. The van der Waals surface area contributed by atoms with E-state index in [4.69, 9.17) is 0 Å². The van der Waals surface area contributed by atoms with Crippen LogP contribution in [0.25, 0.3) is 16.9 Å². The molecule has 5 rings (SSSR count). The average molecular weight is 904 g/mol. The van der Waals surface area contributed by atoms with Crippen molar-refractivity contribution in [2.45, 2.75) is 203 Å². The molecule has 348 valence electrons. The summed E-state index contributed by atoms with van der Waals surface area (Å²) in [5.41, 5.74) is 28.3. The molecular formula is C61H84N2Ni. The molecule has 1 aliphatic rings. The molecule has 3 heteroatoms. The van der Waals surface area contributed by atoms with E-state index in [1.165, 1.54) is 125 Å². The van der Waals surface area contributed by atoms with Crippen molar-refractivity contribution in [3.05, 3.63) is 146 Å². The Bertz CT molecular complexity index is 2030. The van der Waals surface area contributed by atoms with Gasteiger partial charge >= 0.3 is 84.2 Å². The average Bonchev–Trinajstić information content (AvgIpc) is 3.58. The second-order valence-corrected chi connectivity index (χ2v) is 19.1. The standard InChI is InChI=1S/C49H74N2.2C6H5.Ni/c1-9-17-22-29-40-36-43(37-41(30-23-18-10-2)45(40)32-24-19-11-3)49-47(33-25-20-12-4)46(31-21-13-5)48(51(49)50)42-34-38(26-14-6)44(28-16-8)39(35-42)27-15-7;2*1-2-4-6-5-3-1;/h34-37H,9-20,22-30,32-33H2,1-8H3;2*1-5H;. The molecule has 4 aromatic rings. The Morgan fingerprint density at radius 1 is 0.438 bits per heavy atom. The first-order valence-electron chi connectivity index (χ1n) is 25.8. The first-order valence-corrected chi connectivity index (χ1v) is 26.8. The molecule has 0 aromatic heterocycles. The van der Waals surface area contributed by atoms with Crippen LogP contribution < -0.4 is 9.07 Å². The molecule has 0 saturated carbocycles. The molecule has 0 atom stereocenters. The summed E-state index contributed by atoms with van der Waals surface area (Å²) < 4.78 is 4.21. The summed E-state index contributed by atoms with van der Waals surface area (Å²) in [6.45, 7) is 18.2. The van der Waals surface area contributed by atoms with Gasteiger partial charge in [-0.15, -0.1) is 0 Å². The molecule has 0 amide bonds. The van der Waals surface area contributed by atoms with Gasteiger partial charge in [0.2, 0.25) is 11.4 Å². The van der Waals surface area contributed by atoms with Gasteiger partial charge in [0, 0.05) is 23.1 Å². The SMILES string of the molecule is CCC#CC1=C(c2cc(CCC)c(CCC)c(CCC)c2)[N+](=[N-])C(c2cc(CCCCC)c(CCCCC)c(CCCCC)c2)=C1CCCCC.c1cc[c]([Ni][c]2ccccc2)cc1. The van der Waals surface area contributed by atoms with Gasteiger partial charge in [-0.05, 0) is 128 Å². The zero-order chi connectivity index (χ0) is 45.9. The Balaban J connectivity index is 0.000000583. The topological polar surface area (TPSA) is 25.3 Å². The van der Waals surface area contributed by atoms with Crippen molar-refractivity contribution in [2.75, 3.05) is 0 Å². The fourth-order valence-corrected chi connectivity index (χ4v) is 10.2. The fourth-order valence-electron chi connectivity index (χ4n) is 9.17. The third kappa shape index (κ3) is 15.9. The van der Waals surface area contributed by atoms with E-state index < -0.39 is 0 Å². The van der Waals surface area contributed by atoms with Crippen LogP contribution in [0.15, 0.2) is 96.1 Å². The summed E-state index contributed by atoms with van der Waals surface area (Å²) in [4.78, 5) is 0. The monoisotopic (exact) mass is 903 g/mol. The van der Waals surface area contributed by atoms with Crippen LogP contribution in [-0.2, 0) is 53.0 Å². The van der Waals surface area contributed by atoms with Crippen LogP contribution in [0.1, 0.15) is 209 Å². The van der Waals surface area contributed by atoms with Gasteiger partial charge in [0.05, 0.1) is 0 Å². The van der Waals surface area contributed by atoms with E-state index >= 15 is 0 Å². The zero-order valence-corrected chi connectivity index (χ0v) is 42.5. The molecule has 0 radical (unpaired) electrons. The minimum absolute atomic E-state index is 0.799. The Hall–Kier alpha value is -3.99. The maximum absolute atomic E-state index is 12.7. The van der Waals surface area contributed by atoms with E-state index in [2.05, 4.69) is 140 Å². The van der Waals surface area contributed by atoms with Crippen LogP contribution in [0.5, 0.6) is 0 Å². The van der Waals surface area contributed by atoms with Gasteiger partial charge in [-0.2, -0.15) is 0 Å². The van der Waals surface area contributed by atoms with Crippen LogP contribution in [0.4, 0.5) is 0 Å². The van der Waals surface area contributed by atoms with Crippen molar-refractivity contribution in [2.24, 2.45) is 0 Å². The van der Waals surface area contributed by atoms with E-state index in [0.717, 1.165) is 93.2 Å². The predicted molar refractivity (Wildman–Crippen MR) is 276 cm³/mol. The number of benzene rings is 4. The van der Waals surface area contributed by atoms with Crippen molar-refractivity contribution >= 4 is 20.5 Å². The van der Waals surface area contributed by atoms with Crippen molar-refractivity contribution in [3.63, 3.8) is 0 Å². The third-order valence-corrected chi connectivity index (χ3v) is 13.6. The Morgan fingerprint density at radius 2 is 0.844 bits per heavy atom. The molecule has 0 bridgehead atoms. The van der Waals surface area contributed by atoms with E-state index in [1.54, 1.807) is 24.7 Å². The van der Waals surface area contributed by atoms with E-state index in [0.29, 0.717) is 0 Å². The van der Waals surface area contributed by atoms with Crippen molar-refractivity contribution in [1.29, 1.82) is 0 Å². The van der Waals surface area contributed by atoms with Crippen molar-refractivity contribution in [1.82, 2.24) is 0 Å². The number of allylic oxidation sites excluding steroid dienone is 2. The van der Waals surface area contributed by atoms with Crippen LogP contribution in [0.3, 0.4) is 0 Å². The van der Waals surface area contributed by atoms with Gasteiger partial charge in [0.1, 0.15) is 5.57 Å². The van der Waals surface area contributed by atoms with Gasteiger partial charge in [0.15, 0.2) is 0 Å². The van der Waals surface area contributed by atoms with E-state index in [9.17, 15) is 5.53 Å². The first-order chi connectivity index (χ1) is 31.4. The fraction of sp³-hybridized carbons (Fsp3) is 0.508. The molecule has 0 saturated heterocycles. The van der Waals surface area contributed by atoms with Gasteiger partial charge in [-0.1, -0.05) is 138 Å². The second-order valence-electron chi connectivity index (χ2n) is 17.7. The van der Waals surface area contributed by atoms with Gasteiger partial charge in [-0.3, -0.25) is 0 Å². The summed E-state index contributed by atoms with van der Waals surface area (Å²) in [7, 11) is 0. The molecule has 0 spiro atoms.